The molecular weight excluding hydrogens is 707 g/mol. The molecule has 3 aromatic rings. The molecule has 12 nitrogen and oxygen atoms in total. The van der Waals surface area contributed by atoms with Gasteiger partial charge in [0.15, 0.2) is 0 Å². The van der Waals surface area contributed by atoms with Crippen LogP contribution in [0, 0.1) is 5.92 Å². The Bertz CT molecular complexity index is 1690. The van der Waals surface area contributed by atoms with Gasteiger partial charge >= 0.3 is 6.09 Å². The lowest BCUT2D eigenvalue weighted by Gasteiger charge is -2.31. The average Bonchev–Trinajstić information content (AvgIpc) is 3.19. The summed E-state index contributed by atoms with van der Waals surface area (Å²) in [5.74, 6) is 0.467. The van der Waals surface area contributed by atoms with E-state index in [-0.39, 0.29) is 36.7 Å². The van der Waals surface area contributed by atoms with Gasteiger partial charge in [0.25, 0.3) is 0 Å². The van der Waals surface area contributed by atoms with Crippen molar-refractivity contribution >= 4 is 27.7 Å². The number of carbonyl (C=O) groups excluding carboxylic acids is 2. The van der Waals surface area contributed by atoms with Crippen LogP contribution >= 0.6 is 0 Å². The summed E-state index contributed by atoms with van der Waals surface area (Å²) in [6.07, 6.45) is 5.11. The topological polar surface area (TPSA) is 152 Å². The van der Waals surface area contributed by atoms with Gasteiger partial charge in [-0.1, -0.05) is 67.1 Å². The van der Waals surface area contributed by atoms with Crippen molar-refractivity contribution in [2.24, 2.45) is 5.92 Å². The Morgan fingerprint density at radius 2 is 1.48 bits per heavy atom. The third-order valence-electron chi connectivity index (χ3n) is 10.4. The second kappa shape index (κ2) is 21.2. The van der Waals surface area contributed by atoms with E-state index in [1.54, 1.807) is 28.6 Å². The monoisotopic (exact) mass is 763 g/mol. The van der Waals surface area contributed by atoms with Crippen LogP contribution < -0.4 is 10.6 Å². The zero-order chi connectivity index (χ0) is 38.2. The molecule has 2 amide bonds. The molecular formula is C41H57N5O7S. The normalized spacial score (nSPS) is 16.3. The number of sulfonamides is 1. The highest BCUT2D eigenvalue weighted by Crippen LogP contribution is 2.28. The number of hydrogen-bond donors (Lipinski definition) is 4. The number of aliphatic hydroxyl groups excluding tert-OH is 1. The maximum absolute atomic E-state index is 13.5. The molecule has 2 aliphatic rings. The molecule has 3 aromatic carbocycles. The van der Waals surface area contributed by atoms with Crippen LogP contribution in [0.15, 0.2) is 78.9 Å². The van der Waals surface area contributed by atoms with Gasteiger partial charge in [-0.25, -0.2) is 13.2 Å². The number of ether oxygens (including phenoxy) is 1. The van der Waals surface area contributed by atoms with Gasteiger partial charge in [0.05, 0.1) is 11.4 Å². The minimum Gasteiger partial charge on any atom is -0.508 e. The zero-order valence-electron chi connectivity index (χ0n) is 31.3. The van der Waals surface area contributed by atoms with Gasteiger partial charge in [-0.15, -0.1) is 0 Å². The van der Waals surface area contributed by atoms with Crippen LogP contribution in [-0.2, 0) is 26.1 Å². The number of carbonyl (C=O) groups is 2. The van der Waals surface area contributed by atoms with Crippen LogP contribution in [-0.4, -0.2) is 116 Å². The second-order valence-corrected chi connectivity index (χ2v) is 16.5. The Kier molecular flexibility index (Phi) is 16.1. The number of phenols is 1. The van der Waals surface area contributed by atoms with Crippen LogP contribution in [0.25, 0.3) is 11.1 Å². The Balaban J connectivity index is 0.958. The maximum atomic E-state index is 13.5. The summed E-state index contributed by atoms with van der Waals surface area (Å²) in [6.45, 7) is 5.53. The van der Waals surface area contributed by atoms with Crippen LogP contribution in [0.5, 0.6) is 5.75 Å². The highest BCUT2D eigenvalue weighted by molar-refractivity contribution is 7.89. The lowest BCUT2D eigenvalue weighted by molar-refractivity contribution is -0.121. The van der Waals surface area contributed by atoms with Crippen LogP contribution in [0.1, 0.15) is 56.9 Å². The molecule has 0 bridgehead atoms. The van der Waals surface area contributed by atoms with Crippen LogP contribution in [0.3, 0.4) is 0 Å². The number of likely N-dealkylation sites (tertiary alicyclic amines) is 2. The first-order chi connectivity index (χ1) is 26.2. The number of benzene rings is 3. The number of phenolic OH excluding ortho intramolecular Hbond substituents is 1. The molecule has 2 heterocycles. The molecule has 4 N–H and O–H groups in total. The molecule has 0 atom stereocenters. The second-order valence-electron chi connectivity index (χ2n) is 14.4. The SMILES string of the molecule is O=C(CCN1CCC(OC(=O)Nc2ccccc2-c2ccccc2)CC1)NCCCCCN(Cc1ccc(O)cc1)S(=O)(=O)CCN1CCC(CO)CC1. The van der Waals surface area contributed by atoms with Crippen molar-refractivity contribution in [2.45, 2.75) is 64.0 Å². The van der Waals surface area contributed by atoms with Crippen LogP contribution in [0.2, 0.25) is 0 Å². The predicted molar refractivity (Wildman–Crippen MR) is 211 cm³/mol. The summed E-state index contributed by atoms with van der Waals surface area (Å²) in [5.41, 5.74) is 3.47. The molecule has 0 saturated carbocycles. The molecule has 5 rings (SSSR count). The van der Waals surface area contributed by atoms with Gasteiger partial charge in [-0.05, 0) is 86.9 Å². The number of para-hydroxylation sites is 1. The van der Waals surface area contributed by atoms with Gasteiger partial charge in [-0.2, -0.15) is 4.31 Å². The summed E-state index contributed by atoms with van der Waals surface area (Å²) in [7, 11) is -3.53. The predicted octanol–water partition coefficient (Wildman–Crippen LogP) is 5.29. The van der Waals surface area contributed by atoms with Crippen molar-refractivity contribution in [3.05, 3.63) is 84.4 Å². The summed E-state index contributed by atoms with van der Waals surface area (Å²) in [5, 5.41) is 25.0. The van der Waals surface area contributed by atoms with E-state index < -0.39 is 16.1 Å². The number of nitrogens with zero attached hydrogens (tertiary/aromatic N) is 3. The largest absolute Gasteiger partial charge is 0.508 e. The molecule has 13 heteroatoms. The summed E-state index contributed by atoms with van der Waals surface area (Å²) < 4.78 is 34.3. The van der Waals surface area contributed by atoms with Gasteiger partial charge in [0, 0.05) is 64.4 Å². The molecule has 294 valence electrons. The van der Waals surface area contributed by atoms with Crippen molar-refractivity contribution in [1.29, 1.82) is 0 Å². The van der Waals surface area contributed by atoms with Crippen molar-refractivity contribution in [3.63, 3.8) is 0 Å². The van der Waals surface area contributed by atoms with E-state index in [0.717, 1.165) is 68.6 Å². The molecule has 0 aromatic heterocycles. The van der Waals surface area contributed by atoms with Gasteiger partial charge in [0.2, 0.25) is 15.9 Å². The lowest BCUT2D eigenvalue weighted by Crippen LogP contribution is -2.41. The molecule has 2 fully saturated rings. The Labute approximate surface area is 320 Å². The number of aromatic hydroxyl groups is 1. The Morgan fingerprint density at radius 1 is 0.815 bits per heavy atom. The minimum absolute atomic E-state index is 0.00982. The van der Waals surface area contributed by atoms with Gasteiger partial charge < -0.3 is 30.1 Å². The highest BCUT2D eigenvalue weighted by Gasteiger charge is 2.26. The van der Waals surface area contributed by atoms with E-state index >= 15 is 0 Å². The standard InChI is InChI=1S/C41H57N5O7S/c47-32-34-17-24-45(25-18-34)29-30-54(51,52)46(31-33-13-15-36(48)16-14-33)23-8-2-7-22-42-40(49)21-28-44-26-19-37(20-27-44)53-41(50)43-39-12-6-5-11-38(39)35-9-3-1-4-10-35/h1,3-6,9-16,34,37,47-48H,2,7-8,17-32H2,(H,42,49)(H,43,50). The number of anilines is 1. The number of unbranched alkanes of at least 4 members (excludes halogenated alkanes) is 2. The van der Waals surface area contributed by atoms with E-state index in [2.05, 4.69) is 20.4 Å². The molecule has 0 radical (unpaired) electrons. The molecule has 54 heavy (non-hydrogen) atoms. The third kappa shape index (κ3) is 13.4. The number of nitrogens with one attached hydrogen (secondary N) is 2. The summed E-state index contributed by atoms with van der Waals surface area (Å²) in [6, 6.07) is 24.2. The first-order valence-corrected chi connectivity index (χ1v) is 21.0. The van der Waals surface area contributed by atoms with Crippen molar-refractivity contribution < 1.29 is 33.0 Å². The molecule has 2 saturated heterocycles. The van der Waals surface area contributed by atoms with Crippen LogP contribution in [0.4, 0.5) is 10.5 Å². The lowest BCUT2D eigenvalue weighted by atomic mass is 9.98. The Morgan fingerprint density at radius 3 is 2.20 bits per heavy atom. The van der Waals surface area contributed by atoms with E-state index in [1.807, 2.05) is 54.6 Å². The number of rotatable bonds is 19. The van der Waals surface area contributed by atoms with E-state index in [4.69, 9.17) is 4.74 Å². The molecule has 0 spiro atoms. The summed E-state index contributed by atoms with van der Waals surface area (Å²) in [4.78, 5) is 29.7. The number of amides is 2. The van der Waals surface area contributed by atoms with E-state index in [0.29, 0.717) is 63.5 Å². The molecule has 0 unspecified atom stereocenters. The first kappa shape index (κ1) is 41.2. The summed E-state index contributed by atoms with van der Waals surface area (Å²) >= 11 is 0. The van der Waals surface area contributed by atoms with Gasteiger partial charge in [-0.3, -0.25) is 10.1 Å². The van der Waals surface area contributed by atoms with Crippen molar-refractivity contribution in [2.75, 3.05) is 70.0 Å². The maximum Gasteiger partial charge on any atom is 0.411 e. The fraction of sp³-hybridized carbons (Fsp3) is 0.512. The molecule has 2 aliphatic heterocycles. The highest BCUT2D eigenvalue weighted by atomic mass is 32.2. The fourth-order valence-electron chi connectivity index (χ4n) is 7.06. The molecule has 0 aliphatic carbocycles. The number of piperidine rings is 2. The number of aliphatic hydroxyl groups is 1. The van der Waals surface area contributed by atoms with Crippen molar-refractivity contribution in [1.82, 2.24) is 19.4 Å². The zero-order valence-corrected chi connectivity index (χ0v) is 32.1. The Hall–Kier alpha value is -4.01. The third-order valence-corrected chi connectivity index (χ3v) is 12.2. The van der Waals surface area contributed by atoms with E-state index in [1.165, 1.54) is 0 Å². The van der Waals surface area contributed by atoms with Crippen molar-refractivity contribution in [3.8, 4) is 16.9 Å². The van der Waals surface area contributed by atoms with Gasteiger partial charge in [0.1, 0.15) is 11.9 Å². The fourth-order valence-corrected chi connectivity index (χ4v) is 8.56. The smallest absolute Gasteiger partial charge is 0.411 e. The van der Waals surface area contributed by atoms with E-state index in [9.17, 15) is 28.2 Å². The quantitative estimate of drug-likeness (QED) is 0.120. The first-order valence-electron chi connectivity index (χ1n) is 19.4. The minimum atomic E-state index is -3.53. The number of hydrogen-bond acceptors (Lipinski definition) is 9. The average molecular weight is 764 g/mol.